The zero-order valence-electron chi connectivity index (χ0n) is 17.0. The number of fused-ring (bicyclic) bond motifs is 1. The Kier molecular flexibility index (Phi) is 5.41. The lowest BCUT2D eigenvalue weighted by Gasteiger charge is -2.19. The molecule has 5 rings (SSSR count). The van der Waals surface area contributed by atoms with Gasteiger partial charge in [0.1, 0.15) is 5.82 Å². The highest BCUT2D eigenvalue weighted by Crippen LogP contribution is 2.37. The summed E-state index contributed by atoms with van der Waals surface area (Å²) in [5, 5.41) is 10.8. The van der Waals surface area contributed by atoms with E-state index >= 15 is 0 Å². The molecule has 1 atom stereocenters. The molecule has 1 aliphatic heterocycles. The van der Waals surface area contributed by atoms with Gasteiger partial charge < -0.3 is 9.88 Å². The maximum atomic E-state index is 12.5. The fourth-order valence-corrected chi connectivity index (χ4v) is 4.95. The van der Waals surface area contributed by atoms with Crippen molar-refractivity contribution in [2.75, 3.05) is 18.0 Å². The van der Waals surface area contributed by atoms with Gasteiger partial charge in [-0.3, -0.25) is 9.36 Å². The van der Waals surface area contributed by atoms with Gasteiger partial charge in [0, 0.05) is 13.1 Å². The third kappa shape index (κ3) is 3.81. The van der Waals surface area contributed by atoms with Crippen molar-refractivity contribution in [2.24, 2.45) is 0 Å². The van der Waals surface area contributed by atoms with Gasteiger partial charge in [0.15, 0.2) is 5.16 Å². The van der Waals surface area contributed by atoms with Gasteiger partial charge in [-0.25, -0.2) is 4.98 Å². The molecule has 2 aromatic heterocycles. The van der Waals surface area contributed by atoms with E-state index < -0.39 is 0 Å². The zero-order valence-corrected chi connectivity index (χ0v) is 18.5. The maximum absolute atomic E-state index is 12.5. The lowest BCUT2D eigenvalue weighted by atomic mass is 10.2. The molecule has 0 saturated carbocycles. The number of nitrogens with one attached hydrogen (secondary N) is 1. The Hall–Kier alpha value is -2.84. The van der Waals surface area contributed by atoms with Crippen molar-refractivity contribution in [1.82, 2.24) is 24.7 Å². The summed E-state index contributed by atoms with van der Waals surface area (Å²) in [6.45, 7) is 3.89. The molecule has 7 nitrogen and oxygen atoms in total. The van der Waals surface area contributed by atoms with Gasteiger partial charge in [-0.15, -0.1) is 10.2 Å². The predicted molar refractivity (Wildman–Crippen MR) is 124 cm³/mol. The third-order valence-electron chi connectivity index (χ3n) is 5.40. The van der Waals surface area contributed by atoms with Crippen LogP contribution in [0.1, 0.15) is 30.8 Å². The van der Waals surface area contributed by atoms with Crippen molar-refractivity contribution < 1.29 is 0 Å². The van der Waals surface area contributed by atoms with Crippen LogP contribution in [0.2, 0.25) is 5.02 Å². The van der Waals surface area contributed by atoms with Crippen molar-refractivity contribution in [3.8, 4) is 5.69 Å². The molecular weight excluding hydrogens is 432 g/mol. The molecule has 1 aliphatic rings. The quantitative estimate of drug-likeness (QED) is 0.445. The van der Waals surface area contributed by atoms with Crippen LogP contribution in [0.5, 0.6) is 0 Å². The number of hydrogen-bond donors (Lipinski definition) is 1. The number of hydrogen-bond acceptors (Lipinski definition) is 6. The average Bonchev–Trinajstić information content (AvgIpc) is 3.44. The Labute approximate surface area is 188 Å². The molecule has 31 heavy (non-hydrogen) atoms. The SMILES string of the molecule is C[C@H](Sc1nnc(N2CCCC2)n1-c1ccccc1Cl)c1nc2ccccc2c(=O)[nH]1. The number of para-hydroxylation sites is 2. The van der Waals surface area contributed by atoms with E-state index in [-0.39, 0.29) is 10.8 Å². The van der Waals surface area contributed by atoms with Gasteiger partial charge in [-0.1, -0.05) is 47.6 Å². The summed E-state index contributed by atoms with van der Waals surface area (Å²) in [7, 11) is 0. The highest BCUT2D eigenvalue weighted by atomic mass is 35.5. The van der Waals surface area contributed by atoms with Crippen LogP contribution < -0.4 is 10.5 Å². The second-order valence-corrected chi connectivity index (χ2v) is 9.21. The zero-order chi connectivity index (χ0) is 21.4. The Morgan fingerprint density at radius 1 is 1.06 bits per heavy atom. The number of nitrogens with zero attached hydrogens (tertiary/aromatic N) is 5. The van der Waals surface area contributed by atoms with E-state index in [4.69, 9.17) is 11.6 Å². The fourth-order valence-electron chi connectivity index (χ4n) is 3.82. The molecule has 158 valence electrons. The first-order valence-electron chi connectivity index (χ1n) is 10.2. The number of anilines is 1. The van der Waals surface area contributed by atoms with Gasteiger partial charge in [0.05, 0.1) is 26.9 Å². The van der Waals surface area contributed by atoms with Crippen molar-refractivity contribution in [3.05, 3.63) is 69.7 Å². The number of aromatic amines is 1. The summed E-state index contributed by atoms with van der Waals surface area (Å²) in [5.74, 6) is 1.39. The van der Waals surface area contributed by atoms with Crippen molar-refractivity contribution >= 4 is 40.2 Å². The normalized spacial score (nSPS) is 15.0. The van der Waals surface area contributed by atoms with E-state index in [0.29, 0.717) is 26.9 Å². The highest BCUT2D eigenvalue weighted by molar-refractivity contribution is 7.99. The minimum absolute atomic E-state index is 0.140. The molecule has 2 aromatic carbocycles. The molecule has 4 aromatic rings. The number of aromatic nitrogens is 5. The number of rotatable bonds is 5. The summed E-state index contributed by atoms with van der Waals surface area (Å²) in [6.07, 6.45) is 2.27. The summed E-state index contributed by atoms with van der Waals surface area (Å²) >= 11 is 8.04. The first kappa shape index (κ1) is 20.1. The van der Waals surface area contributed by atoms with Gasteiger partial charge in [-0.2, -0.15) is 0 Å². The average molecular weight is 453 g/mol. The van der Waals surface area contributed by atoms with E-state index in [1.807, 2.05) is 54.0 Å². The Morgan fingerprint density at radius 2 is 1.81 bits per heavy atom. The monoisotopic (exact) mass is 452 g/mol. The van der Waals surface area contributed by atoms with E-state index in [1.54, 1.807) is 6.07 Å². The number of H-pyrrole nitrogens is 1. The molecule has 9 heteroatoms. The van der Waals surface area contributed by atoms with Crippen LogP contribution in [-0.4, -0.2) is 37.8 Å². The summed E-state index contributed by atoms with van der Waals surface area (Å²) in [5.41, 5.74) is 1.38. The molecule has 0 aliphatic carbocycles. The van der Waals surface area contributed by atoms with E-state index in [1.165, 1.54) is 11.8 Å². The highest BCUT2D eigenvalue weighted by Gasteiger charge is 2.25. The molecule has 0 bridgehead atoms. The Bertz CT molecular complexity index is 1300. The van der Waals surface area contributed by atoms with Crippen LogP contribution in [0.4, 0.5) is 5.95 Å². The fraction of sp³-hybridized carbons (Fsp3) is 0.273. The molecule has 0 radical (unpaired) electrons. The van der Waals surface area contributed by atoms with Crippen LogP contribution in [0, 0.1) is 0 Å². The van der Waals surface area contributed by atoms with Crippen LogP contribution in [0.25, 0.3) is 16.6 Å². The maximum Gasteiger partial charge on any atom is 0.258 e. The smallest absolute Gasteiger partial charge is 0.258 e. The molecule has 0 amide bonds. The predicted octanol–water partition coefficient (Wildman–Crippen LogP) is 4.61. The minimum Gasteiger partial charge on any atom is -0.341 e. The standard InChI is InChI=1S/C22H21ClN6OS/c1-14(19-24-17-10-4-2-8-15(17)20(30)25-19)31-22-27-26-21(28-12-6-7-13-28)29(22)18-11-5-3-9-16(18)23/h2-5,8-11,14H,6-7,12-13H2,1H3,(H,24,25,30)/t14-/m0/s1. The first-order chi connectivity index (χ1) is 15.1. The van der Waals surface area contributed by atoms with Crippen LogP contribution >= 0.6 is 23.4 Å². The lowest BCUT2D eigenvalue weighted by Crippen LogP contribution is -2.22. The molecule has 0 spiro atoms. The largest absolute Gasteiger partial charge is 0.341 e. The minimum atomic E-state index is -0.144. The van der Waals surface area contributed by atoms with Gasteiger partial charge >= 0.3 is 0 Å². The molecule has 1 saturated heterocycles. The third-order valence-corrected chi connectivity index (χ3v) is 6.77. The summed E-state index contributed by atoms with van der Waals surface area (Å²) < 4.78 is 2.01. The number of halogens is 1. The van der Waals surface area contributed by atoms with Gasteiger partial charge in [0.25, 0.3) is 5.56 Å². The topological polar surface area (TPSA) is 79.7 Å². The molecular formula is C22H21ClN6OS. The van der Waals surface area contributed by atoms with Crippen LogP contribution in [-0.2, 0) is 0 Å². The van der Waals surface area contributed by atoms with Gasteiger partial charge in [0.2, 0.25) is 5.95 Å². The lowest BCUT2D eigenvalue weighted by molar-refractivity contribution is 0.834. The number of thioether (sulfide) groups is 1. The van der Waals surface area contributed by atoms with Crippen molar-refractivity contribution in [1.29, 1.82) is 0 Å². The molecule has 0 unspecified atom stereocenters. The second kappa shape index (κ2) is 8.36. The van der Waals surface area contributed by atoms with Crippen LogP contribution in [0.15, 0.2) is 58.5 Å². The van der Waals surface area contributed by atoms with E-state index in [9.17, 15) is 4.79 Å². The van der Waals surface area contributed by atoms with Crippen molar-refractivity contribution in [3.63, 3.8) is 0 Å². The summed E-state index contributed by atoms with van der Waals surface area (Å²) in [4.78, 5) is 22.3. The van der Waals surface area contributed by atoms with E-state index in [0.717, 1.165) is 37.6 Å². The summed E-state index contributed by atoms with van der Waals surface area (Å²) in [6, 6.07) is 15.0. The second-order valence-electron chi connectivity index (χ2n) is 7.49. The van der Waals surface area contributed by atoms with Crippen molar-refractivity contribution in [2.45, 2.75) is 30.2 Å². The Balaban J connectivity index is 1.55. The first-order valence-corrected chi connectivity index (χ1v) is 11.5. The van der Waals surface area contributed by atoms with Crippen LogP contribution in [0.3, 0.4) is 0 Å². The molecule has 3 heterocycles. The van der Waals surface area contributed by atoms with E-state index in [2.05, 4.69) is 25.1 Å². The number of benzene rings is 2. The van der Waals surface area contributed by atoms with Gasteiger partial charge in [-0.05, 0) is 44.0 Å². The molecule has 1 N–H and O–H groups in total. The Morgan fingerprint density at radius 3 is 2.61 bits per heavy atom. The molecule has 1 fully saturated rings.